The van der Waals surface area contributed by atoms with Crippen LogP contribution in [0.5, 0.6) is 0 Å². The van der Waals surface area contributed by atoms with E-state index in [1.165, 1.54) is 12.1 Å². The van der Waals surface area contributed by atoms with Crippen LogP contribution in [-0.4, -0.2) is 12.3 Å². The van der Waals surface area contributed by atoms with Gasteiger partial charge in [-0.3, -0.25) is 4.79 Å². The van der Waals surface area contributed by atoms with Gasteiger partial charge in [-0.05, 0) is 18.7 Å². The van der Waals surface area contributed by atoms with E-state index in [4.69, 9.17) is 5.73 Å². The molecule has 15 heavy (non-hydrogen) atoms. The summed E-state index contributed by atoms with van der Waals surface area (Å²) in [5.74, 6) is -0.244. The van der Waals surface area contributed by atoms with Gasteiger partial charge in [-0.2, -0.15) is 13.2 Å². The molecule has 0 atom stereocenters. The van der Waals surface area contributed by atoms with Crippen LogP contribution in [0.3, 0.4) is 0 Å². The molecule has 2 N–H and O–H groups in total. The number of carbonyl (C=O) groups is 1. The van der Waals surface area contributed by atoms with Gasteiger partial charge in [0.25, 0.3) is 0 Å². The van der Waals surface area contributed by atoms with Gasteiger partial charge in [0.2, 0.25) is 0 Å². The van der Waals surface area contributed by atoms with Crippen LogP contribution in [0.2, 0.25) is 0 Å². The van der Waals surface area contributed by atoms with Crippen LogP contribution in [-0.2, 0) is 6.18 Å². The van der Waals surface area contributed by atoms with Crippen LogP contribution in [0.1, 0.15) is 22.3 Å². The third-order valence-electron chi connectivity index (χ3n) is 1.91. The molecule has 0 aromatic heterocycles. The van der Waals surface area contributed by atoms with Gasteiger partial charge < -0.3 is 5.73 Å². The van der Waals surface area contributed by atoms with E-state index in [2.05, 4.69) is 0 Å². The molecule has 82 valence electrons. The Morgan fingerprint density at radius 3 is 2.13 bits per heavy atom. The van der Waals surface area contributed by atoms with Gasteiger partial charge in [0.1, 0.15) is 0 Å². The molecule has 5 heteroatoms. The zero-order valence-corrected chi connectivity index (χ0v) is 7.84. The standard InChI is InChI=1S/C10H10F3NO/c11-10(12,13)8-3-1-7(2-4-8)9(15)5-6-14/h1-4H,5-6,14H2. The zero-order valence-electron chi connectivity index (χ0n) is 7.84. The minimum atomic E-state index is -4.37. The average Bonchev–Trinajstić information content (AvgIpc) is 2.17. The van der Waals surface area contributed by atoms with Crippen molar-refractivity contribution < 1.29 is 18.0 Å². The highest BCUT2D eigenvalue weighted by molar-refractivity contribution is 5.96. The largest absolute Gasteiger partial charge is 0.416 e. The molecule has 1 aromatic carbocycles. The number of rotatable bonds is 3. The highest BCUT2D eigenvalue weighted by Crippen LogP contribution is 2.29. The molecule has 1 aromatic rings. The molecule has 0 aliphatic rings. The van der Waals surface area contributed by atoms with E-state index in [0.717, 1.165) is 12.1 Å². The molecule has 0 saturated carbocycles. The number of carbonyl (C=O) groups excluding carboxylic acids is 1. The van der Waals surface area contributed by atoms with Crippen LogP contribution in [0.25, 0.3) is 0 Å². The molecule has 0 heterocycles. The van der Waals surface area contributed by atoms with E-state index in [1.54, 1.807) is 0 Å². The average molecular weight is 217 g/mol. The predicted molar refractivity (Wildman–Crippen MR) is 49.4 cm³/mol. The minimum absolute atomic E-state index is 0.144. The summed E-state index contributed by atoms with van der Waals surface area (Å²) in [5.41, 5.74) is 4.67. The Hall–Kier alpha value is -1.36. The summed E-state index contributed by atoms with van der Waals surface area (Å²) in [6.07, 6.45) is -4.22. The summed E-state index contributed by atoms with van der Waals surface area (Å²) >= 11 is 0. The Labute approximate surface area is 84.9 Å². The van der Waals surface area contributed by atoms with Gasteiger partial charge in [-0.15, -0.1) is 0 Å². The molecule has 0 unspecified atom stereocenters. The molecule has 0 aliphatic heterocycles. The van der Waals surface area contributed by atoms with Crippen molar-refractivity contribution in [3.63, 3.8) is 0 Å². The SMILES string of the molecule is NCCC(=O)c1ccc(C(F)(F)F)cc1. The van der Waals surface area contributed by atoms with Gasteiger partial charge in [0.15, 0.2) is 5.78 Å². The summed E-state index contributed by atoms with van der Waals surface area (Å²) in [4.78, 5) is 11.2. The van der Waals surface area contributed by atoms with Crippen LogP contribution < -0.4 is 5.73 Å². The maximum Gasteiger partial charge on any atom is 0.416 e. The lowest BCUT2D eigenvalue weighted by Crippen LogP contribution is -2.09. The molecule has 0 fully saturated rings. The van der Waals surface area contributed by atoms with E-state index in [9.17, 15) is 18.0 Å². The first-order valence-corrected chi connectivity index (χ1v) is 4.35. The first kappa shape index (κ1) is 11.7. The first-order valence-electron chi connectivity index (χ1n) is 4.35. The molecule has 0 aliphatic carbocycles. The number of halogens is 3. The van der Waals surface area contributed by atoms with Crippen LogP contribution >= 0.6 is 0 Å². The second-order valence-electron chi connectivity index (χ2n) is 3.04. The summed E-state index contributed by atoms with van der Waals surface area (Å²) in [5, 5.41) is 0. The topological polar surface area (TPSA) is 43.1 Å². The van der Waals surface area contributed by atoms with Gasteiger partial charge in [0.05, 0.1) is 5.56 Å². The molecule has 0 saturated heterocycles. The third kappa shape index (κ3) is 3.06. The van der Waals surface area contributed by atoms with Crippen molar-refractivity contribution in [1.29, 1.82) is 0 Å². The molecule has 0 amide bonds. The highest BCUT2D eigenvalue weighted by Gasteiger charge is 2.30. The third-order valence-corrected chi connectivity index (χ3v) is 1.91. The van der Waals surface area contributed by atoms with Gasteiger partial charge in [-0.25, -0.2) is 0 Å². The molecule has 0 spiro atoms. The summed E-state index contributed by atoms with van der Waals surface area (Å²) < 4.78 is 36.5. The van der Waals surface area contributed by atoms with E-state index < -0.39 is 11.7 Å². The molecule has 2 nitrogen and oxygen atoms in total. The van der Waals surface area contributed by atoms with Crippen LogP contribution in [0.4, 0.5) is 13.2 Å². The minimum Gasteiger partial charge on any atom is -0.330 e. The molecular formula is C10H10F3NO. The second-order valence-corrected chi connectivity index (χ2v) is 3.04. The molecule has 1 rings (SSSR count). The predicted octanol–water partition coefficient (Wildman–Crippen LogP) is 2.24. The summed E-state index contributed by atoms with van der Waals surface area (Å²) in [7, 11) is 0. The van der Waals surface area contributed by atoms with Gasteiger partial charge >= 0.3 is 6.18 Å². The molecule has 0 bridgehead atoms. The Bertz CT molecular complexity index is 343. The fraction of sp³-hybridized carbons (Fsp3) is 0.300. The Morgan fingerprint density at radius 1 is 1.20 bits per heavy atom. The molecule has 0 radical (unpaired) electrons. The summed E-state index contributed by atoms with van der Waals surface area (Å²) in [6, 6.07) is 4.12. The molecular weight excluding hydrogens is 207 g/mol. The summed E-state index contributed by atoms with van der Waals surface area (Å²) in [6.45, 7) is 0.194. The smallest absolute Gasteiger partial charge is 0.330 e. The van der Waals surface area contributed by atoms with E-state index >= 15 is 0 Å². The van der Waals surface area contributed by atoms with Crippen molar-refractivity contribution in [2.45, 2.75) is 12.6 Å². The monoisotopic (exact) mass is 217 g/mol. The fourth-order valence-corrected chi connectivity index (χ4v) is 1.12. The van der Waals surface area contributed by atoms with Crippen molar-refractivity contribution in [2.75, 3.05) is 6.54 Å². The van der Waals surface area contributed by atoms with E-state index in [0.29, 0.717) is 0 Å². The lowest BCUT2D eigenvalue weighted by molar-refractivity contribution is -0.137. The number of nitrogens with two attached hydrogens (primary N) is 1. The zero-order chi connectivity index (χ0) is 11.5. The maximum absolute atomic E-state index is 12.2. The first-order chi connectivity index (χ1) is 6.95. The van der Waals surface area contributed by atoms with Gasteiger partial charge in [0, 0.05) is 12.0 Å². The lowest BCUT2D eigenvalue weighted by atomic mass is 10.1. The Balaban J connectivity index is 2.86. The quantitative estimate of drug-likeness (QED) is 0.789. The van der Waals surface area contributed by atoms with Crippen molar-refractivity contribution >= 4 is 5.78 Å². The number of hydrogen-bond acceptors (Lipinski definition) is 2. The Kier molecular flexibility index (Phi) is 3.47. The fourth-order valence-electron chi connectivity index (χ4n) is 1.12. The Morgan fingerprint density at radius 2 is 1.73 bits per heavy atom. The lowest BCUT2D eigenvalue weighted by Gasteiger charge is -2.06. The number of benzene rings is 1. The highest BCUT2D eigenvalue weighted by atomic mass is 19.4. The van der Waals surface area contributed by atoms with E-state index in [-0.39, 0.29) is 24.3 Å². The maximum atomic E-state index is 12.2. The van der Waals surface area contributed by atoms with Crippen molar-refractivity contribution in [3.8, 4) is 0 Å². The van der Waals surface area contributed by atoms with E-state index in [1.807, 2.05) is 0 Å². The number of Topliss-reactive ketones (excluding diaryl/α,β-unsaturated/α-hetero) is 1. The van der Waals surface area contributed by atoms with Crippen LogP contribution in [0, 0.1) is 0 Å². The van der Waals surface area contributed by atoms with Crippen molar-refractivity contribution in [1.82, 2.24) is 0 Å². The number of ketones is 1. The van der Waals surface area contributed by atoms with Crippen molar-refractivity contribution in [2.24, 2.45) is 5.73 Å². The number of hydrogen-bond donors (Lipinski definition) is 1. The normalized spacial score (nSPS) is 11.5. The van der Waals surface area contributed by atoms with Crippen LogP contribution in [0.15, 0.2) is 24.3 Å². The second kappa shape index (κ2) is 4.44. The number of alkyl halides is 3. The van der Waals surface area contributed by atoms with Crippen molar-refractivity contribution in [3.05, 3.63) is 35.4 Å². The van der Waals surface area contributed by atoms with Gasteiger partial charge in [-0.1, -0.05) is 12.1 Å².